The predicted molar refractivity (Wildman–Crippen MR) is 105 cm³/mol. The molecule has 0 unspecified atom stereocenters. The van der Waals surface area contributed by atoms with Crippen LogP contribution in [0.25, 0.3) is 32.7 Å². The van der Waals surface area contributed by atoms with E-state index >= 15 is 0 Å². The van der Waals surface area contributed by atoms with Gasteiger partial charge < -0.3 is 9.84 Å². The minimum absolute atomic E-state index is 0.0381. The molecule has 0 spiro atoms. The van der Waals surface area contributed by atoms with Gasteiger partial charge in [-0.2, -0.15) is 0 Å². The van der Waals surface area contributed by atoms with Crippen molar-refractivity contribution in [3.05, 3.63) is 78.4 Å². The molecule has 128 valence electrons. The lowest BCUT2D eigenvalue weighted by Crippen LogP contribution is -2.05. The standard InChI is InChI=1S/C23H18O3/c1-2-26-23(25)20-14-19(15-8-4-3-5-9-15)21-17-11-7-6-10-16(17)12-13-18(21)22(20)24/h3-14,24H,2H2,1H3. The van der Waals surface area contributed by atoms with Crippen molar-refractivity contribution < 1.29 is 14.6 Å². The van der Waals surface area contributed by atoms with Crippen LogP contribution in [0.2, 0.25) is 0 Å². The normalized spacial score (nSPS) is 11.0. The molecule has 0 fully saturated rings. The molecule has 0 saturated carbocycles. The van der Waals surface area contributed by atoms with Gasteiger partial charge in [-0.05, 0) is 41.0 Å². The number of phenols is 1. The number of fused-ring (bicyclic) bond motifs is 3. The van der Waals surface area contributed by atoms with E-state index < -0.39 is 5.97 Å². The lowest BCUT2D eigenvalue weighted by atomic mass is 9.91. The third-order valence-corrected chi connectivity index (χ3v) is 4.58. The molecule has 1 N–H and O–H groups in total. The van der Waals surface area contributed by atoms with Crippen LogP contribution in [0.4, 0.5) is 0 Å². The number of phenolic OH excluding ortho intramolecular Hbond substituents is 1. The molecule has 0 radical (unpaired) electrons. The molecule has 4 aromatic carbocycles. The number of carbonyl (C=O) groups is 1. The Labute approximate surface area is 151 Å². The van der Waals surface area contributed by atoms with E-state index in [9.17, 15) is 9.90 Å². The molecule has 0 bridgehead atoms. The summed E-state index contributed by atoms with van der Waals surface area (Å²) in [4.78, 5) is 12.4. The molecule has 0 aliphatic carbocycles. The Balaban J connectivity index is 2.15. The van der Waals surface area contributed by atoms with Gasteiger partial charge in [0, 0.05) is 10.8 Å². The Bertz CT molecular complexity index is 1110. The second-order valence-corrected chi connectivity index (χ2v) is 6.12. The Morgan fingerprint density at radius 2 is 1.65 bits per heavy atom. The molecular formula is C23H18O3. The van der Waals surface area contributed by atoms with Crippen LogP contribution in [-0.4, -0.2) is 17.7 Å². The van der Waals surface area contributed by atoms with Crippen molar-refractivity contribution in [2.24, 2.45) is 0 Å². The highest BCUT2D eigenvalue weighted by molar-refractivity contribution is 6.18. The number of benzene rings is 4. The van der Waals surface area contributed by atoms with E-state index in [4.69, 9.17) is 4.74 Å². The van der Waals surface area contributed by atoms with Gasteiger partial charge in [0.15, 0.2) is 0 Å². The van der Waals surface area contributed by atoms with Crippen molar-refractivity contribution in [1.82, 2.24) is 0 Å². The fraction of sp³-hybridized carbons (Fsp3) is 0.0870. The molecule has 3 nitrogen and oxygen atoms in total. The fourth-order valence-electron chi connectivity index (χ4n) is 3.40. The highest BCUT2D eigenvalue weighted by Gasteiger charge is 2.20. The Morgan fingerprint density at radius 3 is 2.42 bits per heavy atom. The zero-order valence-electron chi connectivity index (χ0n) is 14.4. The molecule has 0 amide bonds. The van der Waals surface area contributed by atoms with E-state index in [1.807, 2.05) is 66.7 Å². The Hall–Kier alpha value is -3.33. The number of rotatable bonds is 3. The summed E-state index contributed by atoms with van der Waals surface area (Å²) in [5.41, 5.74) is 2.08. The average Bonchev–Trinajstić information content (AvgIpc) is 2.69. The van der Waals surface area contributed by atoms with E-state index in [1.54, 1.807) is 13.0 Å². The van der Waals surface area contributed by atoms with Crippen molar-refractivity contribution >= 4 is 27.5 Å². The first-order chi connectivity index (χ1) is 12.7. The Kier molecular flexibility index (Phi) is 4.05. The molecule has 3 heteroatoms. The maximum Gasteiger partial charge on any atom is 0.341 e. The predicted octanol–water partition coefficient (Wildman–Crippen LogP) is 5.54. The summed E-state index contributed by atoms with van der Waals surface area (Å²) < 4.78 is 5.14. The molecule has 0 atom stereocenters. The van der Waals surface area contributed by atoms with Crippen LogP contribution >= 0.6 is 0 Å². The number of aromatic hydroxyl groups is 1. The van der Waals surface area contributed by atoms with Crippen molar-refractivity contribution in [3.63, 3.8) is 0 Å². The number of carbonyl (C=O) groups excluding carboxylic acids is 1. The van der Waals surface area contributed by atoms with E-state index in [0.29, 0.717) is 5.39 Å². The molecule has 0 aromatic heterocycles. The summed E-state index contributed by atoms with van der Waals surface area (Å²) in [6.07, 6.45) is 0. The SMILES string of the molecule is CCOC(=O)c1cc(-c2ccccc2)c2c(ccc3ccccc32)c1O. The van der Waals surface area contributed by atoms with Crippen LogP contribution in [-0.2, 0) is 4.74 Å². The molecule has 0 aliphatic rings. The summed E-state index contributed by atoms with van der Waals surface area (Å²) in [5, 5.41) is 14.5. The van der Waals surface area contributed by atoms with Crippen LogP contribution in [0.1, 0.15) is 17.3 Å². The smallest absolute Gasteiger partial charge is 0.341 e. The third-order valence-electron chi connectivity index (χ3n) is 4.58. The topological polar surface area (TPSA) is 46.5 Å². The Morgan fingerprint density at radius 1 is 0.923 bits per heavy atom. The minimum Gasteiger partial charge on any atom is -0.506 e. The zero-order chi connectivity index (χ0) is 18.1. The van der Waals surface area contributed by atoms with Gasteiger partial charge in [0.25, 0.3) is 0 Å². The second-order valence-electron chi connectivity index (χ2n) is 6.12. The van der Waals surface area contributed by atoms with E-state index in [1.165, 1.54) is 0 Å². The first kappa shape index (κ1) is 16.2. The maximum atomic E-state index is 12.4. The molecule has 4 rings (SSSR count). The first-order valence-corrected chi connectivity index (χ1v) is 8.60. The van der Waals surface area contributed by atoms with Crippen LogP contribution in [0, 0.1) is 0 Å². The van der Waals surface area contributed by atoms with Gasteiger partial charge in [0.05, 0.1) is 6.61 Å². The first-order valence-electron chi connectivity index (χ1n) is 8.60. The lowest BCUT2D eigenvalue weighted by Gasteiger charge is -2.15. The van der Waals surface area contributed by atoms with E-state index in [2.05, 4.69) is 0 Å². The molecule has 4 aromatic rings. The molecule has 0 heterocycles. The number of hydrogen-bond acceptors (Lipinski definition) is 3. The fourth-order valence-corrected chi connectivity index (χ4v) is 3.40. The number of ether oxygens (including phenoxy) is 1. The van der Waals surface area contributed by atoms with Crippen LogP contribution in [0.3, 0.4) is 0 Å². The summed E-state index contributed by atoms with van der Waals surface area (Å²) >= 11 is 0. The van der Waals surface area contributed by atoms with E-state index in [0.717, 1.165) is 27.3 Å². The molecule has 0 aliphatic heterocycles. The number of hydrogen-bond donors (Lipinski definition) is 1. The minimum atomic E-state index is -0.516. The summed E-state index contributed by atoms with van der Waals surface area (Å²) in [7, 11) is 0. The zero-order valence-corrected chi connectivity index (χ0v) is 14.4. The van der Waals surface area contributed by atoms with Gasteiger partial charge in [-0.1, -0.05) is 60.7 Å². The summed E-state index contributed by atoms with van der Waals surface area (Å²) in [5.74, 6) is -0.555. The average molecular weight is 342 g/mol. The van der Waals surface area contributed by atoms with Gasteiger partial charge in [0.2, 0.25) is 0 Å². The van der Waals surface area contributed by atoms with Crippen molar-refractivity contribution in [1.29, 1.82) is 0 Å². The second kappa shape index (κ2) is 6.52. The highest BCUT2D eigenvalue weighted by Crippen LogP contribution is 2.41. The van der Waals surface area contributed by atoms with Crippen LogP contribution < -0.4 is 0 Å². The van der Waals surface area contributed by atoms with Crippen molar-refractivity contribution in [3.8, 4) is 16.9 Å². The van der Waals surface area contributed by atoms with Gasteiger partial charge in [-0.3, -0.25) is 0 Å². The highest BCUT2D eigenvalue weighted by atomic mass is 16.5. The summed E-state index contributed by atoms with van der Waals surface area (Å²) in [6, 6.07) is 23.5. The van der Waals surface area contributed by atoms with Crippen molar-refractivity contribution in [2.75, 3.05) is 6.61 Å². The third kappa shape index (κ3) is 2.58. The molecular weight excluding hydrogens is 324 g/mol. The van der Waals surface area contributed by atoms with Gasteiger partial charge >= 0.3 is 5.97 Å². The lowest BCUT2D eigenvalue weighted by molar-refractivity contribution is 0.0523. The van der Waals surface area contributed by atoms with Crippen molar-refractivity contribution in [2.45, 2.75) is 6.92 Å². The van der Waals surface area contributed by atoms with Gasteiger partial charge in [-0.25, -0.2) is 4.79 Å². The van der Waals surface area contributed by atoms with Gasteiger partial charge in [-0.15, -0.1) is 0 Å². The maximum absolute atomic E-state index is 12.4. The largest absolute Gasteiger partial charge is 0.506 e. The number of esters is 1. The van der Waals surface area contributed by atoms with Crippen LogP contribution in [0.15, 0.2) is 72.8 Å². The summed E-state index contributed by atoms with van der Waals surface area (Å²) in [6.45, 7) is 2.01. The van der Waals surface area contributed by atoms with Crippen LogP contribution in [0.5, 0.6) is 5.75 Å². The molecule has 0 saturated heterocycles. The molecule has 26 heavy (non-hydrogen) atoms. The van der Waals surface area contributed by atoms with E-state index in [-0.39, 0.29) is 17.9 Å². The quantitative estimate of drug-likeness (QED) is 0.393. The van der Waals surface area contributed by atoms with Gasteiger partial charge in [0.1, 0.15) is 11.3 Å². The monoisotopic (exact) mass is 342 g/mol.